The number of aryl methyl sites for hydroxylation is 2. The molecule has 0 atom stereocenters. The quantitative estimate of drug-likeness (QED) is 0.700. The number of sulfonamides is 1. The van der Waals surface area contributed by atoms with E-state index in [2.05, 4.69) is 9.71 Å². The third-order valence-electron chi connectivity index (χ3n) is 4.31. The summed E-state index contributed by atoms with van der Waals surface area (Å²) in [7, 11) is -3.37. The average molecular weight is 370 g/mol. The van der Waals surface area contributed by atoms with Crippen LogP contribution in [0.3, 0.4) is 0 Å². The van der Waals surface area contributed by atoms with Gasteiger partial charge in [0.25, 0.3) is 5.56 Å². The van der Waals surface area contributed by atoms with Gasteiger partial charge in [-0.15, -0.1) is 0 Å². The molecule has 0 bridgehead atoms. The van der Waals surface area contributed by atoms with Crippen molar-refractivity contribution in [3.05, 3.63) is 81.1 Å². The molecule has 6 heteroatoms. The molecular weight excluding hydrogens is 348 g/mol. The Bertz CT molecular complexity index is 1080. The van der Waals surface area contributed by atoms with E-state index >= 15 is 0 Å². The van der Waals surface area contributed by atoms with Gasteiger partial charge in [-0.3, -0.25) is 4.79 Å². The number of pyridine rings is 1. The van der Waals surface area contributed by atoms with E-state index in [4.69, 9.17) is 0 Å². The molecule has 2 aromatic carbocycles. The molecule has 2 N–H and O–H groups in total. The summed E-state index contributed by atoms with van der Waals surface area (Å²) >= 11 is 0. The number of hydrogen-bond acceptors (Lipinski definition) is 3. The number of rotatable bonds is 6. The van der Waals surface area contributed by atoms with Gasteiger partial charge in [0.1, 0.15) is 0 Å². The standard InChI is InChI=1S/C20H22N2O3S/c1-14-3-5-17(6-4-14)13-26(24,25)21-10-9-16-7-8-19-18(12-16)11-15(2)20(23)22-19/h3-8,11-12,21H,9-10,13H2,1-2H3,(H,22,23). The van der Waals surface area contributed by atoms with Crippen molar-refractivity contribution in [3.63, 3.8) is 0 Å². The Kier molecular flexibility index (Phi) is 5.25. The number of H-pyrrole nitrogens is 1. The molecule has 0 unspecified atom stereocenters. The molecule has 3 rings (SSSR count). The van der Waals surface area contributed by atoms with E-state index < -0.39 is 10.0 Å². The number of nitrogens with one attached hydrogen (secondary N) is 2. The van der Waals surface area contributed by atoms with Crippen LogP contribution in [0.4, 0.5) is 0 Å². The number of hydrogen-bond donors (Lipinski definition) is 2. The minimum absolute atomic E-state index is 0.0224. The SMILES string of the molecule is Cc1ccc(CS(=O)(=O)NCCc2ccc3[nH]c(=O)c(C)cc3c2)cc1. The first kappa shape index (κ1) is 18.4. The fourth-order valence-corrected chi connectivity index (χ4v) is 3.97. The maximum Gasteiger partial charge on any atom is 0.251 e. The Morgan fingerprint density at radius 3 is 2.38 bits per heavy atom. The average Bonchev–Trinajstić information content (AvgIpc) is 2.58. The summed E-state index contributed by atoms with van der Waals surface area (Å²) in [4.78, 5) is 14.5. The fraction of sp³-hybridized carbons (Fsp3) is 0.250. The van der Waals surface area contributed by atoms with Gasteiger partial charge in [0.05, 0.1) is 5.75 Å². The summed E-state index contributed by atoms with van der Waals surface area (Å²) in [5, 5.41) is 0.946. The Morgan fingerprint density at radius 2 is 1.65 bits per heavy atom. The van der Waals surface area contributed by atoms with Crippen LogP contribution in [0.1, 0.15) is 22.3 Å². The molecule has 0 saturated heterocycles. The molecule has 1 heterocycles. The minimum Gasteiger partial charge on any atom is -0.322 e. The fourth-order valence-electron chi connectivity index (χ4n) is 2.83. The molecule has 5 nitrogen and oxygen atoms in total. The highest BCUT2D eigenvalue weighted by atomic mass is 32.2. The third kappa shape index (κ3) is 4.59. The molecule has 0 spiro atoms. The molecule has 1 aromatic heterocycles. The van der Waals surface area contributed by atoms with Crippen LogP contribution in [0, 0.1) is 13.8 Å². The van der Waals surface area contributed by atoms with E-state index in [1.165, 1.54) is 0 Å². The summed E-state index contributed by atoms with van der Waals surface area (Å²) in [6, 6.07) is 15.1. The molecule has 0 amide bonds. The second-order valence-corrected chi connectivity index (χ2v) is 8.40. The number of fused-ring (bicyclic) bond motifs is 1. The van der Waals surface area contributed by atoms with Crippen LogP contribution >= 0.6 is 0 Å². The molecule has 0 saturated carbocycles. The Morgan fingerprint density at radius 1 is 0.962 bits per heavy atom. The van der Waals surface area contributed by atoms with E-state index in [1.54, 1.807) is 6.92 Å². The van der Waals surface area contributed by atoms with Gasteiger partial charge in [-0.05, 0) is 55.0 Å². The third-order valence-corrected chi connectivity index (χ3v) is 5.66. The van der Waals surface area contributed by atoms with Crippen molar-refractivity contribution in [3.8, 4) is 0 Å². The van der Waals surface area contributed by atoms with Crippen molar-refractivity contribution >= 4 is 20.9 Å². The molecule has 0 aliphatic carbocycles. The van der Waals surface area contributed by atoms with Crippen LogP contribution in [-0.4, -0.2) is 19.9 Å². The number of aromatic nitrogens is 1. The Balaban J connectivity index is 1.63. The van der Waals surface area contributed by atoms with Crippen molar-refractivity contribution < 1.29 is 8.42 Å². The monoisotopic (exact) mass is 370 g/mol. The highest BCUT2D eigenvalue weighted by Crippen LogP contribution is 2.14. The van der Waals surface area contributed by atoms with Crippen LogP contribution in [0.5, 0.6) is 0 Å². The van der Waals surface area contributed by atoms with Crippen molar-refractivity contribution in [1.82, 2.24) is 9.71 Å². The summed E-state index contributed by atoms with van der Waals surface area (Å²) in [5.74, 6) is -0.0224. The van der Waals surface area contributed by atoms with Gasteiger partial charge in [-0.1, -0.05) is 35.9 Å². The number of benzene rings is 2. The van der Waals surface area contributed by atoms with Gasteiger partial charge in [-0.2, -0.15) is 0 Å². The van der Waals surface area contributed by atoms with Gasteiger partial charge in [-0.25, -0.2) is 13.1 Å². The predicted molar refractivity (Wildman–Crippen MR) is 105 cm³/mol. The highest BCUT2D eigenvalue weighted by molar-refractivity contribution is 7.88. The lowest BCUT2D eigenvalue weighted by Gasteiger charge is -2.08. The van der Waals surface area contributed by atoms with Crippen molar-refractivity contribution in [2.24, 2.45) is 0 Å². The van der Waals surface area contributed by atoms with E-state index in [1.807, 2.05) is 55.5 Å². The van der Waals surface area contributed by atoms with Crippen LogP contribution in [0.25, 0.3) is 10.9 Å². The zero-order chi connectivity index (χ0) is 18.7. The second kappa shape index (κ2) is 7.43. The first-order chi connectivity index (χ1) is 12.3. The first-order valence-corrected chi connectivity index (χ1v) is 10.1. The van der Waals surface area contributed by atoms with Crippen LogP contribution in [-0.2, 0) is 22.2 Å². The van der Waals surface area contributed by atoms with Gasteiger partial charge < -0.3 is 4.98 Å². The lowest BCUT2D eigenvalue weighted by Crippen LogP contribution is -2.27. The van der Waals surface area contributed by atoms with Crippen LogP contribution in [0.2, 0.25) is 0 Å². The van der Waals surface area contributed by atoms with Crippen molar-refractivity contribution in [2.45, 2.75) is 26.0 Å². The van der Waals surface area contributed by atoms with Gasteiger partial charge in [0, 0.05) is 17.6 Å². The van der Waals surface area contributed by atoms with E-state index in [0.717, 1.165) is 27.6 Å². The summed E-state index contributed by atoms with van der Waals surface area (Å²) in [6.45, 7) is 4.07. The summed E-state index contributed by atoms with van der Waals surface area (Å²) in [6.07, 6.45) is 0.585. The van der Waals surface area contributed by atoms with Gasteiger partial charge in [0.2, 0.25) is 10.0 Å². The molecule has 136 valence electrons. The molecule has 0 radical (unpaired) electrons. The maximum absolute atomic E-state index is 12.2. The lowest BCUT2D eigenvalue weighted by atomic mass is 10.1. The van der Waals surface area contributed by atoms with E-state index in [0.29, 0.717) is 18.5 Å². The minimum atomic E-state index is -3.37. The first-order valence-electron chi connectivity index (χ1n) is 8.48. The Labute approximate surface area is 153 Å². The van der Waals surface area contributed by atoms with Gasteiger partial charge in [0.15, 0.2) is 0 Å². The topological polar surface area (TPSA) is 79.0 Å². The van der Waals surface area contributed by atoms with Crippen molar-refractivity contribution in [2.75, 3.05) is 6.54 Å². The van der Waals surface area contributed by atoms with Gasteiger partial charge >= 0.3 is 0 Å². The predicted octanol–water partition coefficient (Wildman–Crippen LogP) is 2.81. The number of aromatic amines is 1. The van der Waals surface area contributed by atoms with Crippen molar-refractivity contribution in [1.29, 1.82) is 0 Å². The van der Waals surface area contributed by atoms with E-state index in [-0.39, 0.29) is 11.3 Å². The smallest absolute Gasteiger partial charge is 0.251 e. The maximum atomic E-state index is 12.2. The van der Waals surface area contributed by atoms with Crippen LogP contribution in [0.15, 0.2) is 53.3 Å². The molecule has 0 aliphatic rings. The summed E-state index contributed by atoms with van der Waals surface area (Å²) in [5.41, 5.74) is 4.24. The Hall–Kier alpha value is -2.44. The zero-order valence-corrected chi connectivity index (χ0v) is 15.7. The largest absolute Gasteiger partial charge is 0.322 e. The molecular formula is C20H22N2O3S. The molecule has 26 heavy (non-hydrogen) atoms. The van der Waals surface area contributed by atoms with E-state index in [9.17, 15) is 13.2 Å². The zero-order valence-electron chi connectivity index (χ0n) is 14.9. The normalized spacial score (nSPS) is 11.8. The molecule has 0 fully saturated rings. The summed E-state index contributed by atoms with van der Waals surface area (Å²) < 4.78 is 27.1. The van der Waals surface area contributed by atoms with Crippen LogP contribution < -0.4 is 10.3 Å². The molecule has 0 aliphatic heterocycles. The molecule has 3 aromatic rings. The second-order valence-electron chi connectivity index (χ2n) is 6.59. The highest BCUT2D eigenvalue weighted by Gasteiger charge is 2.11. The lowest BCUT2D eigenvalue weighted by molar-refractivity contribution is 0.581.